The molecule has 0 radical (unpaired) electrons. The summed E-state index contributed by atoms with van der Waals surface area (Å²) in [6.45, 7) is 3.00. The maximum Gasteiger partial charge on any atom is 0.242 e. The summed E-state index contributed by atoms with van der Waals surface area (Å²) in [6, 6.07) is 9.33. The Labute approximate surface area is 155 Å². The lowest BCUT2D eigenvalue weighted by Gasteiger charge is -2.32. The Morgan fingerprint density at radius 3 is 2.62 bits per heavy atom. The largest absolute Gasteiger partial charge is 0.356 e. The van der Waals surface area contributed by atoms with Gasteiger partial charge in [0, 0.05) is 19.5 Å². The molecule has 0 saturated carbocycles. The molecule has 6 heteroatoms. The molecule has 1 saturated heterocycles. The van der Waals surface area contributed by atoms with Crippen molar-refractivity contribution >= 4 is 17.7 Å². The maximum absolute atomic E-state index is 12.8. The summed E-state index contributed by atoms with van der Waals surface area (Å²) < 4.78 is 0. The highest BCUT2D eigenvalue weighted by Crippen LogP contribution is 2.25. The second kappa shape index (κ2) is 10.6. The van der Waals surface area contributed by atoms with Crippen LogP contribution in [-0.4, -0.2) is 42.3 Å². The van der Waals surface area contributed by atoms with E-state index in [2.05, 4.69) is 10.6 Å². The van der Waals surface area contributed by atoms with Crippen LogP contribution in [0.4, 0.5) is 0 Å². The molecule has 6 nitrogen and oxygen atoms in total. The van der Waals surface area contributed by atoms with E-state index in [4.69, 9.17) is 0 Å². The minimum atomic E-state index is -0.319. The summed E-state index contributed by atoms with van der Waals surface area (Å²) in [5, 5.41) is 5.61. The summed E-state index contributed by atoms with van der Waals surface area (Å²) in [4.78, 5) is 38.5. The molecule has 1 heterocycles. The van der Waals surface area contributed by atoms with Crippen molar-refractivity contribution in [1.82, 2.24) is 15.5 Å². The van der Waals surface area contributed by atoms with Crippen molar-refractivity contribution in [2.45, 2.75) is 51.5 Å². The molecule has 1 aromatic rings. The second-order valence-corrected chi connectivity index (χ2v) is 6.61. The standard InChI is InChI=1S/C20H29N3O3/c1-2-18(24)22-15-20(26)23-13-9-4-3-8-12-21-19(25)14-17(23)16-10-6-5-7-11-16/h5-7,10-11,17H,2-4,8-9,12-15H2,1H3,(H,21,25)(H,22,24). The van der Waals surface area contributed by atoms with E-state index < -0.39 is 0 Å². The SMILES string of the molecule is CCC(=O)NCC(=O)N1CCCCCCNC(=O)CC1c1ccccc1. The molecule has 1 fully saturated rings. The average Bonchev–Trinajstić information content (AvgIpc) is 2.71. The Bertz CT molecular complexity index is 604. The van der Waals surface area contributed by atoms with Gasteiger partial charge in [0.05, 0.1) is 19.0 Å². The lowest BCUT2D eigenvalue weighted by atomic mass is 10.0. The van der Waals surface area contributed by atoms with Crippen molar-refractivity contribution in [3.63, 3.8) is 0 Å². The van der Waals surface area contributed by atoms with E-state index in [9.17, 15) is 14.4 Å². The van der Waals surface area contributed by atoms with E-state index in [0.29, 0.717) is 19.5 Å². The van der Waals surface area contributed by atoms with Crippen molar-refractivity contribution in [1.29, 1.82) is 0 Å². The topological polar surface area (TPSA) is 78.5 Å². The zero-order valence-electron chi connectivity index (χ0n) is 15.5. The van der Waals surface area contributed by atoms with Gasteiger partial charge in [0.2, 0.25) is 17.7 Å². The summed E-state index contributed by atoms with van der Waals surface area (Å²) >= 11 is 0. The molecule has 26 heavy (non-hydrogen) atoms. The lowest BCUT2D eigenvalue weighted by Crippen LogP contribution is -2.43. The molecule has 3 amide bonds. The highest BCUT2D eigenvalue weighted by Gasteiger charge is 2.27. The molecule has 0 bridgehead atoms. The quantitative estimate of drug-likeness (QED) is 0.865. The zero-order chi connectivity index (χ0) is 18.8. The smallest absolute Gasteiger partial charge is 0.242 e. The third-order valence-electron chi connectivity index (χ3n) is 4.67. The number of nitrogens with zero attached hydrogens (tertiary/aromatic N) is 1. The van der Waals surface area contributed by atoms with Crippen LogP contribution in [0.2, 0.25) is 0 Å². The maximum atomic E-state index is 12.8. The third kappa shape index (κ3) is 6.17. The van der Waals surface area contributed by atoms with Crippen LogP contribution in [0.3, 0.4) is 0 Å². The normalized spacial score (nSPS) is 19.2. The Hall–Kier alpha value is -2.37. The first-order chi connectivity index (χ1) is 12.6. The molecule has 1 aliphatic heterocycles. The first-order valence-corrected chi connectivity index (χ1v) is 9.49. The number of benzene rings is 1. The molecule has 1 atom stereocenters. The Morgan fingerprint density at radius 2 is 1.88 bits per heavy atom. The first-order valence-electron chi connectivity index (χ1n) is 9.49. The summed E-state index contributed by atoms with van der Waals surface area (Å²) in [7, 11) is 0. The Balaban J connectivity index is 2.23. The molecule has 1 unspecified atom stereocenters. The Kier molecular flexibility index (Phi) is 8.12. The highest BCUT2D eigenvalue weighted by molar-refractivity contribution is 5.85. The van der Waals surface area contributed by atoms with Gasteiger partial charge in [-0.1, -0.05) is 50.1 Å². The van der Waals surface area contributed by atoms with Crippen molar-refractivity contribution in [3.8, 4) is 0 Å². The van der Waals surface area contributed by atoms with E-state index in [1.807, 2.05) is 30.3 Å². The molecule has 2 N–H and O–H groups in total. The third-order valence-corrected chi connectivity index (χ3v) is 4.67. The first kappa shape index (κ1) is 19.9. The van der Waals surface area contributed by atoms with E-state index in [1.165, 1.54) is 0 Å². The highest BCUT2D eigenvalue weighted by atomic mass is 16.2. The summed E-state index contributed by atoms with van der Waals surface area (Å²) in [5.41, 5.74) is 0.942. The molecule has 1 aromatic carbocycles. The van der Waals surface area contributed by atoms with Gasteiger partial charge < -0.3 is 15.5 Å². The van der Waals surface area contributed by atoms with Gasteiger partial charge >= 0.3 is 0 Å². The molecule has 142 valence electrons. The molecule has 2 rings (SSSR count). The van der Waals surface area contributed by atoms with Gasteiger partial charge in [0.25, 0.3) is 0 Å². The van der Waals surface area contributed by atoms with Crippen molar-refractivity contribution in [2.75, 3.05) is 19.6 Å². The molecule has 1 aliphatic rings. The molecular formula is C20H29N3O3. The van der Waals surface area contributed by atoms with Crippen LogP contribution >= 0.6 is 0 Å². The van der Waals surface area contributed by atoms with E-state index in [-0.39, 0.29) is 36.7 Å². The minimum Gasteiger partial charge on any atom is -0.356 e. The summed E-state index contributed by atoms with van der Waals surface area (Å²) in [6.07, 6.45) is 4.48. The van der Waals surface area contributed by atoms with Crippen LogP contribution in [0.25, 0.3) is 0 Å². The number of hydrogen-bond acceptors (Lipinski definition) is 3. The lowest BCUT2D eigenvalue weighted by molar-refractivity contribution is -0.136. The van der Waals surface area contributed by atoms with Gasteiger partial charge in [0.1, 0.15) is 0 Å². The number of nitrogens with one attached hydrogen (secondary N) is 2. The number of amides is 3. The molecule has 0 spiro atoms. The van der Waals surface area contributed by atoms with Gasteiger partial charge in [-0.15, -0.1) is 0 Å². The monoisotopic (exact) mass is 359 g/mol. The predicted molar refractivity (Wildman–Crippen MR) is 100 cm³/mol. The second-order valence-electron chi connectivity index (χ2n) is 6.61. The number of carbonyl (C=O) groups is 3. The number of carbonyl (C=O) groups excluding carboxylic acids is 3. The molecule has 0 aliphatic carbocycles. The Morgan fingerprint density at radius 1 is 1.15 bits per heavy atom. The van der Waals surface area contributed by atoms with Crippen LogP contribution in [0, 0.1) is 0 Å². The van der Waals surface area contributed by atoms with Crippen LogP contribution in [0.5, 0.6) is 0 Å². The molecular weight excluding hydrogens is 330 g/mol. The van der Waals surface area contributed by atoms with Gasteiger partial charge in [0.15, 0.2) is 0 Å². The van der Waals surface area contributed by atoms with Crippen molar-refractivity contribution in [2.24, 2.45) is 0 Å². The predicted octanol–water partition coefficient (Wildman–Crippen LogP) is 2.16. The fourth-order valence-corrected chi connectivity index (χ4v) is 3.17. The van der Waals surface area contributed by atoms with Crippen LogP contribution in [-0.2, 0) is 14.4 Å². The minimum absolute atomic E-state index is 0.0301. The fraction of sp³-hybridized carbons (Fsp3) is 0.550. The van der Waals surface area contributed by atoms with E-state index >= 15 is 0 Å². The number of rotatable bonds is 4. The van der Waals surface area contributed by atoms with Gasteiger partial charge in [-0.2, -0.15) is 0 Å². The molecule has 0 aromatic heterocycles. The number of hydrogen-bond donors (Lipinski definition) is 2. The van der Waals surface area contributed by atoms with Gasteiger partial charge in [-0.25, -0.2) is 0 Å². The fourth-order valence-electron chi connectivity index (χ4n) is 3.17. The van der Waals surface area contributed by atoms with Gasteiger partial charge in [-0.3, -0.25) is 14.4 Å². The van der Waals surface area contributed by atoms with Crippen LogP contribution < -0.4 is 10.6 Å². The van der Waals surface area contributed by atoms with Gasteiger partial charge in [-0.05, 0) is 18.4 Å². The van der Waals surface area contributed by atoms with Crippen molar-refractivity contribution in [3.05, 3.63) is 35.9 Å². The average molecular weight is 359 g/mol. The van der Waals surface area contributed by atoms with Crippen LogP contribution in [0.15, 0.2) is 30.3 Å². The van der Waals surface area contributed by atoms with E-state index in [1.54, 1.807) is 11.8 Å². The van der Waals surface area contributed by atoms with Crippen LogP contribution in [0.1, 0.15) is 57.1 Å². The van der Waals surface area contributed by atoms with Crippen molar-refractivity contribution < 1.29 is 14.4 Å². The summed E-state index contributed by atoms with van der Waals surface area (Å²) in [5.74, 6) is -0.339. The zero-order valence-corrected chi connectivity index (χ0v) is 15.5. The van der Waals surface area contributed by atoms with E-state index in [0.717, 1.165) is 31.2 Å².